The molecule has 3 nitrogen and oxygen atoms in total. The predicted octanol–water partition coefficient (Wildman–Crippen LogP) is 1.59. The first-order chi connectivity index (χ1) is 5.74. The zero-order chi connectivity index (χ0) is 8.97. The minimum atomic E-state index is -2.48. The predicted molar refractivity (Wildman–Crippen MR) is 48.1 cm³/mol. The van der Waals surface area contributed by atoms with Crippen molar-refractivity contribution in [3.05, 3.63) is 18.0 Å². The molecule has 0 unspecified atom stereocenters. The quantitative estimate of drug-likeness (QED) is 0.822. The van der Waals surface area contributed by atoms with Gasteiger partial charge in [0.1, 0.15) is 5.69 Å². The maximum atomic E-state index is 12.0. The molecule has 0 atom stereocenters. The van der Waals surface area contributed by atoms with E-state index in [1.807, 2.05) is 0 Å². The molecule has 0 radical (unpaired) electrons. The maximum Gasteiger partial charge on any atom is 0.282 e. The number of nitrogens with zero attached hydrogens (tertiary/aromatic N) is 2. The van der Waals surface area contributed by atoms with Crippen LogP contribution in [0.2, 0.25) is 0 Å². The van der Waals surface area contributed by atoms with Crippen molar-refractivity contribution in [2.75, 3.05) is 6.54 Å². The van der Waals surface area contributed by atoms with Crippen LogP contribution in [-0.2, 0) is 6.54 Å². The highest BCUT2D eigenvalue weighted by molar-refractivity contribution is 5.85. The molecular formula is C7H12ClF2N3. The van der Waals surface area contributed by atoms with E-state index in [-0.39, 0.29) is 18.1 Å². The summed E-state index contributed by atoms with van der Waals surface area (Å²) in [5.41, 5.74) is 5.08. The Kier molecular flexibility index (Phi) is 5.57. The highest BCUT2D eigenvalue weighted by atomic mass is 35.5. The molecule has 0 saturated heterocycles. The van der Waals surface area contributed by atoms with Gasteiger partial charge in [-0.05, 0) is 19.0 Å². The monoisotopic (exact) mass is 211 g/mol. The fourth-order valence-electron chi connectivity index (χ4n) is 0.872. The van der Waals surface area contributed by atoms with E-state index in [0.717, 1.165) is 6.42 Å². The first-order valence-corrected chi connectivity index (χ1v) is 3.75. The van der Waals surface area contributed by atoms with Gasteiger partial charge >= 0.3 is 0 Å². The molecule has 0 fully saturated rings. The first kappa shape index (κ1) is 12.3. The van der Waals surface area contributed by atoms with Gasteiger partial charge in [0.2, 0.25) is 0 Å². The molecule has 76 valence electrons. The molecule has 0 saturated carbocycles. The van der Waals surface area contributed by atoms with Gasteiger partial charge in [-0.1, -0.05) is 0 Å². The summed E-state index contributed by atoms with van der Waals surface area (Å²) in [7, 11) is 0. The number of hydrogen-bond acceptors (Lipinski definition) is 2. The van der Waals surface area contributed by atoms with Gasteiger partial charge < -0.3 is 5.73 Å². The van der Waals surface area contributed by atoms with Crippen LogP contribution in [0.15, 0.2) is 12.3 Å². The zero-order valence-corrected chi connectivity index (χ0v) is 7.81. The van der Waals surface area contributed by atoms with Gasteiger partial charge in [0, 0.05) is 12.7 Å². The molecule has 0 bridgehead atoms. The molecule has 1 rings (SSSR count). The molecule has 0 aliphatic carbocycles. The lowest BCUT2D eigenvalue weighted by molar-refractivity contribution is 0.145. The Morgan fingerprint density at radius 1 is 1.54 bits per heavy atom. The van der Waals surface area contributed by atoms with Gasteiger partial charge in [-0.3, -0.25) is 4.68 Å². The number of nitrogens with two attached hydrogens (primary N) is 1. The number of halogens is 3. The molecular weight excluding hydrogens is 200 g/mol. The van der Waals surface area contributed by atoms with E-state index < -0.39 is 6.43 Å². The highest BCUT2D eigenvalue weighted by Gasteiger charge is 2.09. The molecule has 6 heteroatoms. The molecule has 0 amide bonds. The van der Waals surface area contributed by atoms with Gasteiger partial charge in [-0.25, -0.2) is 8.78 Å². The second-order valence-corrected chi connectivity index (χ2v) is 2.45. The smallest absolute Gasteiger partial charge is 0.282 e. The average molecular weight is 212 g/mol. The van der Waals surface area contributed by atoms with Crippen molar-refractivity contribution in [2.45, 2.75) is 19.4 Å². The summed E-state index contributed by atoms with van der Waals surface area (Å²) in [6.07, 6.45) is -0.189. The van der Waals surface area contributed by atoms with Crippen LogP contribution in [-0.4, -0.2) is 16.3 Å². The maximum absolute atomic E-state index is 12.0. The Hall–Kier alpha value is -0.680. The van der Waals surface area contributed by atoms with Crippen molar-refractivity contribution in [1.82, 2.24) is 9.78 Å². The number of aromatic nitrogens is 2. The topological polar surface area (TPSA) is 43.8 Å². The number of hydrogen-bond donors (Lipinski definition) is 1. The van der Waals surface area contributed by atoms with Gasteiger partial charge in [0.05, 0.1) is 0 Å². The van der Waals surface area contributed by atoms with Crippen molar-refractivity contribution >= 4 is 12.4 Å². The SMILES string of the molecule is Cl.NCCCn1ccc(C(F)F)n1. The summed E-state index contributed by atoms with van der Waals surface area (Å²) in [5, 5.41) is 3.66. The second-order valence-electron chi connectivity index (χ2n) is 2.45. The normalized spacial score (nSPS) is 10.2. The summed E-state index contributed by atoms with van der Waals surface area (Å²) >= 11 is 0. The Morgan fingerprint density at radius 3 is 2.69 bits per heavy atom. The molecule has 0 aromatic carbocycles. The highest BCUT2D eigenvalue weighted by Crippen LogP contribution is 2.15. The van der Waals surface area contributed by atoms with Gasteiger partial charge in [-0.15, -0.1) is 12.4 Å². The third-order valence-corrected chi connectivity index (χ3v) is 1.48. The standard InChI is InChI=1S/C7H11F2N3.ClH/c8-7(9)6-2-5-12(11-6)4-1-3-10;/h2,5,7H,1,3-4,10H2;1H. The number of aryl methyl sites for hydroxylation is 1. The summed E-state index contributed by atoms with van der Waals surface area (Å²) in [5.74, 6) is 0. The van der Waals surface area contributed by atoms with Gasteiger partial charge in [0.25, 0.3) is 6.43 Å². The summed E-state index contributed by atoms with van der Waals surface area (Å²) in [4.78, 5) is 0. The zero-order valence-electron chi connectivity index (χ0n) is 6.99. The van der Waals surface area contributed by atoms with Crippen LogP contribution in [0, 0.1) is 0 Å². The molecule has 1 heterocycles. The van der Waals surface area contributed by atoms with Gasteiger partial charge in [0.15, 0.2) is 0 Å². The van der Waals surface area contributed by atoms with Crippen LogP contribution >= 0.6 is 12.4 Å². The molecule has 0 spiro atoms. The largest absolute Gasteiger partial charge is 0.330 e. The molecule has 1 aromatic heterocycles. The molecule has 13 heavy (non-hydrogen) atoms. The van der Waals surface area contributed by atoms with E-state index in [1.54, 1.807) is 0 Å². The average Bonchev–Trinajstić information content (AvgIpc) is 2.48. The lowest BCUT2D eigenvalue weighted by atomic mass is 10.4. The second kappa shape index (κ2) is 5.88. The van der Waals surface area contributed by atoms with Crippen LogP contribution in [0.25, 0.3) is 0 Å². The number of rotatable bonds is 4. The fourth-order valence-corrected chi connectivity index (χ4v) is 0.872. The van der Waals surface area contributed by atoms with E-state index in [4.69, 9.17) is 5.73 Å². The van der Waals surface area contributed by atoms with E-state index in [2.05, 4.69) is 5.10 Å². The third kappa shape index (κ3) is 3.69. The summed E-state index contributed by atoms with van der Waals surface area (Å²) < 4.78 is 25.5. The molecule has 2 N–H and O–H groups in total. The lowest BCUT2D eigenvalue weighted by Crippen LogP contribution is -2.06. The first-order valence-electron chi connectivity index (χ1n) is 3.75. The van der Waals surface area contributed by atoms with E-state index in [9.17, 15) is 8.78 Å². The molecule has 0 aliphatic heterocycles. The third-order valence-electron chi connectivity index (χ3n) is 1.48. The van der Waals surface area contributed by atoms with Crippen LogP contribution in [0.5, 0.6) is 0 Å². The van der Waals surface area contributed by atoms with Crippen LogP contribution < -0.4 is 5.73 Å². The Balaban J connectivity index is 0.00000144. The fraction of sp³-hybridized carbons (Fsp3) is 0.571. The van der Waals surface area contributed by atoms with Crippen molar-refractivity contribution in [3.8, 4) is 0 Å². The van der Waals surface area contributed by atoms with Crippen LogP contribution in [0.4, 0.5) is 8.78 Å². The van der Waals surface area contributed by atoms with E-state index in [0.29, 0.717) is 13.1 Å². The minimum absolute atomic E-state index is 0. The number of alkyl halides is 2. The van der Waals surface area contributed by atoms with Crippen molar-refractivity contribution in [2.24, 2.45) is 5.73 Å². The van der Waals surface area contributed by atoms with Crippen molar-refractivity contribution < 1.29 is 8.78 Å². The van der Waals surface area contributed by atoms with Crippen molar-refractivity contribution in [3.63, 3.8) is 0 Å². The Morgan fingerprint density at radius 2 is 2.23 bits per heavy atom. The summed E-state index contributed by atoms with van der Waals surface area (Å²) in [6, 6.07) is 1.32. The van der Waals surface area contributed by atoms with E-state index in [1.165, 1.54) is 16.9 Å². The van der Waals surface area contributed by atoms with Crippen LogP contribution in [0.1, 0.15) is 18.5 Å². The lowest BCUT2D eigenvalue weighted by Gasteiger charge is -1.97. The molecule has 0 aliphatic rings. The van der Waals surface area contributed by atoms with Crippen molar-refractivity contribution in [1.29, 1.82) is 0 Å². The Bertz CT molecular complexity index is 239. The Labute approximate surface area is 81.3 Å². The minimum Gasteiger partial charge on any atom is -0.330 e. The van der Waals surface area contributed by atoms with Gasteiger partial charge in [-0.2, -0.15) is 5.10 Å². The van der Waals surface area contributed by atoms with E-state index >= 15 is 0 Å². The summed E-state index contributed by atoms with van der Waals surface area (Å²) in [6.45, 7) is 1.15. The molecule has 1 aromatic rings. The van der Waals surface area contributed by atoms with Crippen LogP contribution in [0.3, 0.4) is 0 Å².